The average Bonchev–Trinajstić information content (AvgIpc) is 2.86. The first-order chi connectivity index (χ1) is 11.4. The molecule has 2 aliphatic rings. The first-order valence-electron chi connectivity index (χ1n) is 7.69. The van der Waals surface area contributed by atoms with Gasteiger partial charge in [-0.15, -0.1) is 0 Å². The molecule has 0 N–H and O–H groups in total. The van der Waals surface area contributed by atoms with Gasteiger partial charge in [0.25, 0.3) is 5.69 Å². The van der Waals surface area contributed by atoms with Crippen LogP contribution in [0.1, 0.15) is 25.3 Å². The number of carbonyl (C=O) groups is 3. The van der Waals surface area contributed by atoms with E-state index in [1.165, 1.54) is 29.2 Å². The van der Waals surface area contributed by atoms with Gasteiger partial charge in [0, 0.05) is 18.6 Å². The minimum Gasteiger partial charge on any atom is -0.459 e. The standard InChI is InChI=1S/C16H16N2O6/c1-2-11-12-7-13(19)14(17(12)15(11)20)16(21)24-8-9-3-5-10(6-4-9)18(22)23/h3-6,11-12,14H,2,7-8H2,1H3/t11-,12+,14?/m1/s1. The molecule has 0 aliphatic carbocycles. The highest BCUT2D eigenvalue weighted by Gasteiger charge is 2.59. The maximum atomic E-state index is 12.2. The molecule has 2 saturated heterocycles. The Kier molecular flexibility index (Phi) is 4.04. The van der Waals surface area contributed by atoms with Gasteiger partial charge in [0.1, 0.15) is 6.61 Å². The lowest BCUT2D eigenvalue weighted by Crippen LogP contribution is -2.61. The number of ketones is 1. The molecule has 2 heterocycles. The van der Waals surface area contributed by atoms with E-state index >= 15 is 0 Å². The lowest BCUT2D eigenvalue weighted by molar-refractivity contribution is -0.384. The number of nitrogens with zero attached hydrogens (tertiary/aromatic N) is 2. The Morgan fingerprint density at radius 3 is 2.58 bits per heavy atom. The molecule has 0 saturated carbocycles. The maximum absolute atomic E-state index is 12.2. The van der Waals surface area contributed by atoms with Gasteiger partial charge in [-0.3, -0.25) is 19.7 Å². The number of nitro benzene ring substituents is 1. The highest BCUT2D eigenvalue weighted by atomic mass is 16.6. The summed E-state index contributed by atoms with van der Waals surface area (Å²) in [6.45, 7) is 1.77. The highest BCUT2D eigenvalue weighted by molar-refractivity contribution is 6.11. The summed E-state index contributed by atoms with van der Waals surface area (Å²) >= 11 is 0. The second-order valence-corrected chi connectivity index (χ2v) is 5.93. The fourth-order valence-electron chi connectivity index (χ4n) is 3.30. The summed E-state index contributed by atoms with van der Waals surface area (Å²) in [5, 5.41) is 10.6. The predicted octanol–water partition coefficient (Wildman–Crippen LogP) is 1.22. The first-order valence-corrected chi connectivity index (χ1v) is 7.69. The molecule has 0 bridgehead atoms. The van der Waals surface area contributed by atoms with Crippen LogP contribution in [0.5, 0.6) is 0 Å². The third kappa shape index (κ3) is 2.53. The number of esters is 1. The molecular weight excluding hydrogens is 316 g/mol. The van der Waals surface area contributed by atoms with Crippen molar-refractivity contribution in [3.63, 3.8) is 0 Å². The van der Waals surface area contributed by atoms with Crippen LogP contribution >= 0.6 is 0 Å². The zero-order valence-electron chi connectivity index (χ0n) is 13.0. The SMILES string of the molecule is CC[C@H]1C(=O)N2C(C(=O)OCc3ccc([N+](=O)[O-])cc3)C(=O)C[C@@H]12. The Hall–Kier alpha value is -2.77. The van der Waals surface area contributed by atoms with Crippen molar-refractivity contribution in [1.29, 1.82) is 0 Å². The largest absolute Gasteiger partial charge is 0.459 e. The number of non-ortho nitro benzene ring substituents is 1. The lowest BCUT2D eigenvalue weighted by Gasteiger charge is -2.43. The molecule has 3 atom stereocenters. The molecule has 1 aromatic rings. The van der Waals surface area contributed by atoms with Crippen LogP contribution in [0.4, 0.5) is 5.69 Å². The third-order valence-corrected chi connectivity index (χ3v) is 4.58. The molecule has 3 rings (SSSR count). The second-order valence-electron chi connectivity index (χ2n) is 5.93. The molecule has 0 radical (unpaired) electrons. The molecule has 1 amide bonds. The van der Waals surface area contributed by atoms with Crippen molar-refractivity contribution >= 4 is 23.3 Å². The van der Waals surface area contributed by atoms with Crippen LogP contribution in [0.3, 0.4) is 0 Å². The molecule has 2 aliphatic heterocycles. The Balaban J connectivity index is 1.62. The lowest BCUT2D eigenvalue weighted by atomic mass is 9.86. The van der Waals surface area contributed by atoms with E-state index in [2.05, 4.69) is 0 Å². The first kappa shape index (κ1) is 16.1. The number of β-lactam (4-membered cyclic amide) rings is 1. The van der Waals surface area contributed by atoms with E-state index in [4.69, 9.17) is 4.74 Å². The monoisotopic (exact) mass is 332 g/mol. The molecule has 8 heteroatoms. The molecule has 2 fully saturated rings. The summed E-state index contributed by atoms with van der Waals surface area (Å²) in [5.74, 6) is -1.39. The van der Waals surface area contributed by atoms with Crippen molar-refractivity contribution in [1.82, 2.24) is 4.90 Å². The number of fused-ring (bicyclic) bond motifs is 1. The summed E-state index contributed by atoms with van der Waals surface area (Å²) in [5.41, 5.74) is 0.507. The number of rotatable bonds is 5. The van der Waals surface area contributed by atoms with Gasteiger partial charge in [-0.1, -0.05) is 6.92 Å². The number of nitro groups is 1. The molecule has 24 heavy (non-hydrogen) atoms. The van der Waals surface area contributed by atoms with Crippen LogP contribution in [0.25, 0.3) is 0 Å². The third-order valence-electron chi connectivity index (χ3n) is 4.58. The number of benzene rings is 1. The smallest absolute Gasteiger partial charge is 0.337 e. The number of hydrogen-bond donors (Lipinski definition) is 0. The van der Waals surface area contributed by atoms with Gasteiger partial charge in [0.15, 0.2) is 11.8 Å². The van der Waals surface area contributed by atoms with Crippen LogP contribution < -0.4 is 0 Å². The minimum atomic E-state index is -1.15. The second kappa shape index (κ2) is 6.03. The Labute approximate surface area is 137 Å². The number of Topliss-reactive ketones (excluding diaryl/α,β-unsaturated/α-hetero) is 1. The summed E-state index contributed by atoms with van der Waals surface area (Å²) in [4.78, 5) is 47.6. The van der Waals surface area contributed by atoms with Crippen LogP contribution in [-0.2, 0) is 25.7 Å². The van der Waals surface area contributed by atoms with Gasteiger partial charge >= 0.3 is 5.97 Å². The number of hydrogen-bond acceptors (Lipinski definition) is 6. The van der Waals surface area contributed by atoms with Crippen LogP contribution in [0, 0.1) is 16.0 Å². The number of ether oxygens (including phenoxy) is 1. The van der Waals surface area contributed by atoms with Crippen molar-refractivity contribution in [2.24, 2.45) is 5.92 Å². The normalized spacial score (nSPS) is 25.2. The van der Waals surface area contributed by atoms with Crippen LogP contribution in [0.15, 0.2) is 24.3 Å². The minimum absolute atomic E-state index is 0.0596. The zero-order valence-corrected chi connectivity index (χ0v) is 13.0. The fourth-order valence-corrected chi connectivity index (χ4v) is 3.30. The Morgan fingerprint density at radius 1 is 1.33 bits per heavy atom. The van der Waals surface area contributed by atoms with E-state index in [-0.39, 0.29) is 42.4 Å². The van der Waals surface area contributed by atoms with Crippen molar-refractivity contribution < 1.29 is 24.0 Å². The maximum Gasteiger partial charge on any atom is 0.337 e. The van der Waals surface area contributed by atoms with E-state index in [9.17, 15) is 24.5 Å². The van der Waals surface area contributed by atoms with Crippen LogP contribution in [0.2, 0.25) is 0 Å². The Bertz CT molecular complexity index is 714. The summed E-state index contributed by atoms with van der Waals surface area (Å²) in [6.07, 6.45) is 0.847. The summed E-state index contributed by atoms with van der Waals surface area (Å²) < 4.78 is 5.13. The van der Waals surface area contributed by atoms with Crippen molar-refractivity contribution in [2.45, 2.75) is 38.5 Å². The van der Waals surface area contributed by atoms with E-state index in [1.807, 2.05) is 6.92 Å². The number of amides is 1. The molecule has 8 nitrogen and oxygen atoms in total. The van der Waals surface area contributed by atoms with Gasteiger partial charge in [-0.25, -0.2) is 4.79 Å². The summed E-state index contributed by atoms with van der Waals surface area (Å²) in [7, 11) is 0. The van der Waals surface area contributed by atoms with Crippen molar-refractivity contribution in [3.8, 4) is 0 Å². The molecule has 0 aromatic heterocycles. The van der Waals surface area contributed by atoms with Gasteiger partial charge in [0.05, 0.1) is 16.9 Å². The van der Waals surface area contributed by atoms with Crippen LogP contribution in [-0.4, -0.2) is 39.6 Å². The molecule has 0 spiro atoms. The van der Waals surface area contributed by atoms with E-state index in [1.54, 1.807) is 0 Å². The quantitative estimate of drug-likeness (QED) is 0.264. The van der Waals surface area contributed by atoms with Gasteiger partial charge in [-0.2, -0.15) is 0 Å². The molecule has 1 aromatic carbocycles. The Morgan fingerprint density at radius 2 is 2.00 bits per heavy atom. The number of carbonyl (C=O) groups excluding carboxylic acids is 3. The van der Waals surface area contributed by atoms with Crippen molar-refractivity contribution in [2.75, 3.05) is 0 Å². The highest BCUT2D eigenvalue weighted by Crippen LogP contribution is 2.39. The zero-order chi connectivity index (χ0) is 17.4. The summed E-state index contributed by atoms with van der Waals surface area (Å²) in [6, 6.07) is 4.24. The van der Waals surface area contributed by atoms with Gasteiger partial charge in [0.2, 0.25) is 5.91 Å². The van der Waals surface area contributed by atoms with E-state index in [0.717, 1.165) is 0 Å². The van der Waals surface area contributed by atoms with Gasteiger partial charge in [-0.05, 0) is 24.1 Å². The van der Waals surface area contributed by atoms with Gasteiger partial charge < -0.3 is 9.64 Å². The molecule has 126 valence electrons. The fraction of sp³-hybridized carbons (Fsp3) is 0.438. The van der Waals surface area contributed by atoms with Crippen molar-refractivity contribution in [3.05, 3.63) is 39.9 Å². The van der Waals surface area contributed by atoms with E-state index in [0.29, 0.717) is 12.0 Å². The molecule has 1 unspecified atom stereocenters. The average molecular weight is 332 g/mol. The van der Waals surface area contributed by atoms with E-state index < -0.39 is 16.9 Å². The molecular formula is C16H16N2O6. The topological polar surface area (TPSA) is 107 Å². The predicted molar refractivity (Wildman–Crippen MR) is 80.7 cm³/mol.